The Morgan fingerprint density at radius 3 is 2.33 bits per heavy atom. The lowest BCUT2D eigenvalue weighted by molar-refractivity contribution is 0.355. The molecule has 18 heavy (non-hydrogen) atoms. The minimum Gasteiger partial charge on any atom is -0.493 e. The molecule has 94 valence electrons. The Bertz CT molecular complexity index is 558. The molecule has 5 nitrogen and oxygen atoms in total. The summed E-state index contributed by atoms with van der Waals surface area (Å²) in [6.45, 7) is 0. The number of nitrogen functional groups attached to an aromatic ring is 1. The maximum absolute atomic E-state index is 6.25. The van der Waals surface area contributed by atoms with E-state index in [1.54, 1.807) is 19.2 Å². The second-order valence-electron chi connectivity index (χ2n) is 3.50. The van der Waals surface area contributed by atoms with Gasteiger partial charge in [0.15, 0.2) is 17.3 Å². The molecule has 0 atom stereocenters. The molecule has 2 N–H and O–H groups in total. The summed E-state index contributed by atoms with van der Waals surface area (Å²) in [7, 11) is 3.07. The van der Waals surface area contributed by atoms with Crippen LogP contribution in [0.3, 0.4) is 0 Å². The van der Waals surface area contributed by atoms with E-state index in [1.165, 1.54) is 19.5 Å². The number of methoxy groups -OCH3 is 2. The number of benzene rings is 1. The summed E-state index contributed by atoms with van der Waals surface area (Å²) < 4.78 is 10.4. The van der Waals surface area contributed by atoms with E-state index in [0.29, 0.717) is 33.6 Å². The molecule has 0 spiro atoms. The van der Waals surface area contributed by atoms with Crippen LogP contribution in [0.5, 0.6) is 11.5 Å². The van der Waals surface area contributed by atoms with E-state index in [4.69, 9.17) is 26.8 Å². The lowest BCUT2D eigenvalue weighted by Gasteiger charge is -2.11. The predicted octanol–water partition coefficient (Wildman–Crippen LogP) is 2.40. The number of hydrogen-bond acceptors (Lipinski definition) is 5. The van der Waals surface area contributed by atoms with Crippen molar-refractivity contribution < 1.29 is 9.47 Å². The molecule has 1 aromatic carbocycles. The van der Waals surface area contributed by atoms with Crippen molar-refractivity contribution in [1.82, 2.24) is 9.97 Å². The average Bonchev–Trinajstić information content (AvgIpc) is 2.39. The summed E-state index contributed by atoms with van der Waals surface area (Å²) in [4.78, 5) is 8.25. The summed E-state index contributed by atoms with van der Waals surface area (Å²) in [5, 5.41) is 0.404. The van der Waals surface area contributed by atoms with E-state index in [1.807, 2.05) is 0 Å². The predicted molar refractivity (Wildman–Crippen MR) is 70.0 cm³/mol. The average molecular weight is 266 g/mol. The van der Waals surface area contributed by atoms with Crippen LogP contribution in [0.4, 0.5) is 5.69 Å². The SMILES string of the molecule is COc1ccc(-c2ncc(N)cn2)c(Cl)c1OC. The number of nitrogens with zero attached hydrogens (tertiary/aromatic N) is 2. The zero-order valence-corrected chi connectivity index (χ0v) is 10.7. The van der Waals surface area contributed by atoms with Crippen molar-refractivity contribution in [3.8, 4) is 22.9 Å². The first kappa shape index (κ1) is 12.4. The number of rotatable bonds is 3. The maximum Gasteiger partial charge on any atom is 0.180 e. The van der Waals surface area contributed by atoms with Gasteiger partial charge >= 0.3 is 0 Å². The third-order valence-electron chi connectivity index (χ3n) is 2.40. The van der Waals surface area contributed by atoms with Crippen molar-refractivity contribution in [2.45, 2.75) is 0 Å². The second kappa shape index (κ2) is 5.10. The maximum atomic E-state index is 6.25. The van der Waals surface area contributed by atoms with Gasteiger partial charge in [-0.3, -0.25) is 0 Å². The molecule has 0 bridgehead atoms. The molecule has 0 aliphatic heterocycles. The number of nitrogens with two attached hydrogens (primary N) is 1. The summed E-state index contributed by atoms with van der Waals surface area (Å²) >= 11 is 6.25. The fraction of sp³-hybridized carbons (Fsp3) is 0.167. The number of hydrogen-bond donors (Lipinski definition) is 1. The Kier molecular flexibility index (Phi) is 3.53. The Labute approximate surface area is 110 Å². The van der Waals surface area contributed by atoms with E-state index >= 15 is 0 Å². The molecule has 0 unspecified atom stereocenters. The highest BCUT2D eigenvalue weighted by molar-refractivity contribution is 6.35. The van der Waals surface area contributed by atoms with Crippen LogP contribution in [0.2, 0.25) is 5.02 Å². The molecular formula is C12H12ClN3O2. The number of halogens is 1. The zero-order chi connectivity index (χ0) is 13.1. The van der Waals surface area contributed by atoms with Crippen LogP contribution in [0.25, 0.3) is 11.4 Å². The Hall–Kier alpha value is -2.01. The van der Waals surface area contributed by atoms with Gasteiger partial charge in [0.25, 0.3) is 0 Å². The van der Waals surface area contributed by atoms with Gasteiger partial charge < -0.3 is 15.2 Å². The molecule has 0 radical (unpaired) electrons. The standard InChI is InChI=1S/C12H12ClN3O2/c1-17-9-4-3-8(10(13)11(9)18-2)12-15-5-7(14)6-16-12/h3-6H,14H2,1-2H3. The Morgan fingerprint density at radius 1 is 1.11 bits per heavy atom. The summed E-state index contributed by atoms with van der Waals surface area (Å²) in [6.07, 6.45) is 3.05. The van der Waals surface area contributed by atoms with Crippen LogP contribution in [-0.4, -0.2) is 24.2 Å². The van der Waals surface area contributed by atoms with Crippen molar-refractivity contribution in [2.24, 2.45) is 0 Å². The Balaban J connectivity index is 2.55. The van der Waals surface area contributed by atoms with Gasteiger partial charge in [-0.1, -0.05) is 11.6 Å². The van der Waals surface area contributed by atoms with Crippen molar-refractivity contribution in [1.29, 1.82) is 0 Å². The van der Waals surface area contributed by atoms with Gasteiger partial charge in [0.1, 0.15) is 0 Å². The second-order valence-corrected chi connectivity index (χ2v) is 3.88. The normalized spacial score (nSPS) is 10.2. The first-order chi connectivity index (χ1) is 8.67. The molecule has 0 aliphatic rings. The third kappa shape index (κ3) is 2.17. The molecule has 0 fully saturated rings. The van der Waals surface area contributed by atoms with Gasteiger partial charge in [-0.25, -0.2) is 9.97 Å². The molecule has 0 saturated heterocycles. The van der Waals surface area contributed by atoms with Crippen molar-refractivity contribution in [3.63, 3.8) is 0 Å². The molecular weight excluding hydrogens is 254 g/mol. The van der Waals surface area contributed by atoms with Crippen LogP contribution >= 0.6 is 11.6 Å². The first-order valence-electron chi connectivity index (χ1n) is 5.15. The van der Waals surface area contributed by atoms with Crippen LogP contribution in [-0.2, 0) is 0 Å². The molecule has 2 rings (SSSR count). The van der Waals surface area contributed by atoms with Crippen molar-refractivity contribution in [3.05, 3.63) is 29.5 Å². The smallest absolute Gasteiger partial charge is 0.180 e. The van der Waals surface area contributed by atoms with Crippen molar-refractivity contribution in [2.75, 3.05) is 20.0 Å². The van der Waals surface area contributed by atoms with Crippen LogP contribution in [0.1, 0.15) is 0 Å². The van der Waals surface area contributed by atoms with Gasteiger partial charge in [0, 0.05) is 5.56 Å². The van der Waals surface area contributed by atoms with Gasteiger partial charge in [0.2, 0.25) is 0 Å². The van der Waals surface area contributed by atoms with E-state index < -0.39 is 0 Å². The largest absolute Gasteiger partial charge is 0.493 e. The van der Waals surface area contributed by atoms with E-state index in [0.717, 1.165) is 0 Å². The molecule has 1 aromatic heterocycles. The fourth-order valence-electron chi connectivity index (χ4n) is 1.54. The monoisotopic (exact) mass is 265 g/mol. The number of aromatic nitrogens is 2. The first-order valence-corrected chi connectivity index (χ1v) is 5.53. The van der Waals surface area contributed by atoms with E-state index in [-0.39, 0.29) is 0 Å². The molecule has 0 amide bonds. The summed E-state index contributed by atoms with van der Waals surface area (Å²) in [5.41, 5.74) is 6.70. The van der Waals surface area contributed by atoms with Crippen LogP contribution < -0.4 is 15.2 Å². The molecule has 2 aromatic rings. The van der Waals surface area contributed by atoms with E-state index in [9.17, 15) is 0 Å². The quantitative estimate of drug-likeness (QED) is 0.923. The molecule has 0 saturated carbocycles. The summed E-state index contributed by atoms with van der Waals surface area (Å²) in [5.74, 6) is 1.49. The van der Waals surface area contributed by atoms with Crippen molar-refractivity contribution >= 4 is 17.3 Å². The van der Waals surface area contributed by atoms with Gasteiger partial charge in [-0.15, -0.1) is 0 Å². The third-order valence-corrected chi connectivity index (χ3v) is 2.77. The highest BCUT2D eigenvalue weighted by Crippen LogP contribution is 2.40. The molecule has 0 aliphatic carbocycles. The lowest BCUT2D eigenvalue weighted by atomic mass is 10.2. The lowest BCUT2D eigenvalue weighted by Crippen LogP contribution is -1.96. The topological polar surface area (TPSA) is 70.3 Å². The number of anilines is 1. The van der Waals surface area contributed by atoms with Gasteiger partial charge in [0.05, 0.1) is 37.3 Å². The highest BCUT2D eigenvalue weighted by Gasteiger charge is 2.15. The number of ether oxygens (including phenoxy) is 2. The van der Waals surface area contributed by atoms with E-state index in [2.05, 4.69) is 9.97 Å². The van der Waals surface area contributed by atoms with Gasteiger partial charge in [-0.05, 0) is 12.1 Å². The minimum absolute atomic E-state index is 0.404. The fourth-order valence-corrected chi connectivity index (χ4v) is 1.86. The van der Waals surface area contributed by atoms with Crippen LogP contribution in [0.15, 0.2) is 24.5 Å². The highest BCUT2D eigenvalue weighted by atomic mass is 35.5. The minimum atomic E-state index is 0.404. The Morgan fingerprint density at radius 2 is 1.78 bits per heavy atom. The van der Waals surface area contributed by atoms with Crippen LogP contribution in [0, 0.1) is 0 Å². The summed E-state index contributed by atoms with van der Waals surface area (Å²) in [6, 6.07) is 3.52. The molecule has 6 heteroatoms. The zero-order valence-electron chi connectivity index (χ0n) is 9.98. The molecule has 1 heterocycles. The van der Waals surface area contributed by atoms with Gasteiger partial charge in [-0.2, -0.15) is 0 Å².